The number of rotatable bonds is 6. The molecular formula is C17H17N5O2S2. The maximum absolute atomic E-state index is 11.8. The van der Waals surface area contributed by atoms with E-state index in [2.05, 4.69) is 20.4 Å². The van der Waals surface area contributed by atoms with E-state index in [1.807, 2.05) is 37.3 Å². The summed E-state index contributed by atoms with van der Waals surface area (Å²) in [7, 11) is 0. The average molecular weight is 387 g/mol. The van der Waals surface area contributed by atoms with Crippen molar-refractivity contribution < 1.29 is 9.21 Å². The van der Waals surface area contributed by atoms with Crippen LogP contribution in [0.25, 0.3) is 11.5 Å². The molecule has 7 nitrogen and oxygen atoms in total. The highest BCUT2D eigenvalue weighted by Crippen LogP contribution is 2.40. The van der Waals surface area contributed by atoms with Gasteiger partial charge in [0.2, 0.25) is 22.8 Å². The van der Waals surface area contributed by atoms with E-state index >= 15 is 0 Å². The summed E-state index contributed by atoms with van der Waals surface area (Å²) < 4.78 is 6.57. The molecule has 0 spiro atoms. The van der Waals surface area contributed by atoms with Crippen LogP contribution in [0.1, 0.15) is 37.8 Å². The summed E-state index contributed by atoms with van der Waals surface area (Å²) in [6, 6.07) is 9.95. The molecule has 1 amide bonds. The number of nitrogens with zero attached hydrogens (tertiary/aromatic N) is 5. The van der Waals surface area contributed by atoms with Crippen molar-refractivity contribution in [3.8, 4) is 11.5 Å². The number of hydrogen-bond acceptors (Lipinski definition) is 8. The fourth-order valence-electron chi connectivity index (χ4n) is 2.53. The van der Waals surface area contributed by atoms with Gasteiger partial charge in [-0.3, -0.25) is 9.69 Å². The lowest BCUT2D eigenvalue weighted by atomic mass is 10.2. The predicted octanol–water partition coefficient (Wildman–Crippen LogP) is 3.96. The number of carbonyl (C=O) groups is 1. The molecule has 26 heavy (non-hydrogen) atoms. The second-order valence-corrected chi connectivity index (χ2v) is 8.59. The molecule has 4 rings (SSSR count). The molecule has 0 N–H and O–H groups in total. The summed E-state index contributed by atoms with van der Waals surface area (Å²) in [6.45, 7) is 3.55. The minimum Gasteiger partial charge on any atom is -0.419 e. The molecule has 1 saturated carbocycles. The van der Waals surface area contributed by atoms with Crippen molar-refractivity contribution in [3.05, 3.63) is 36.2 Å². The molecule has 1 fully saturated rings. The Bertz CT molecular complexity index is 907. The third-order valence-corrected chi connectivity index (χ3v) is 6.03. The standard InChI is InChI=1S/C17H17N5O2S2/c1-10(14-18-19-15(24-14)12-6-4-3-5-7-12)25-17-21-20-16(26-17)22(11(2)23)13-8-9-13/h3-7,10,13H,8-9H2,1-2H3. The Hall–Kier alpha value is -2.26. The quantitative estimate of drug-likeness (QED) is 0.467. The van der Waals surface area contributed by atoms with Crippen LogP contribution >= 0.6 is 23.1 Å². The fourth-order valence-corrected chi connectivity index (χ4v) is 4.66. The van der Waals surface area contributed by atoms with Gasteiger partial charge in [-0.2, -0.15) is 0 Å². The van der Waals surface area contributed by atoms with E-state index < -0.39 is 0 Å². The minimum absolute atomic E-state index is 0.0117. The van der Waals surface area contributed by atoms with Crippen LogP contribution < -0.4 is 4.90 Å². The molecule has 2 aromatic heterocycles. The monoisotopic (exact) mass is 387 g/mol. The van der Waals surface area contributed by atoms with Gasteiger partial charge in [-0.05, 0) is 31.9 Å². The molecule has 134 valence electrons. The highest BCUT2D eigenvalue weighted by Gasteiger charge is 2.34. The molecule has 0 radical (unpaired) electrons. The van der Waals surface area contributed by atoms with E-state index in [4.69, 9.17) is 4.42 Å². The summed E-state index contributed by atoms with van der Waals surface area (Å²) in [5.41, 5.74) is 0.892. The topological polar surface area (TPSA) is 85.0 Å². The van der Waals surface area contributed by atoms with Gasteiger partial charge in [-0.25, -0.2) is 0 Å². The fraction of sp³-hybridized carbons (Fsp3) is 0.353. The first-order chi connectivity index (χ1) is 12.6. The van der Waals surface area contributed by atoms with Crippen molar-refractivity contribution in [2.45, 2.75) is 42.3 Å². The lowest BCUT2D eigenvalue weighted by molar-refractivity contribution is -0.116. The number of hydrogen-bond donors (Lipinski definition) is 0. The van der Waals surface area contributed by atoms with Gasteiger partial charge in [-0.15, -0.1) is 20.4 Å². The number of carbonyl (C=O) groups excluding carboxylic acids is 1. The summed E-state index contributed by atoms with van der Waals surface area (Å²) in [5.74, 6) is 1.05. The third-order valence-electron chi connectivity index (χ3n) is 3.94. The van der Waals surface area contributed by atoms with E-state index in [0.29, 0.717) is 16.9 Å². The first kappa shape index (κ1) is 17.2. The van der Waals surface area contributed by atoms with Crippen LogP contribution in [0.2, 0.25) is 0 Å². The Morgan fingerprint density at radius 3 is 2.69 bits per heavy atom. The number of benzene rings is 1. The number of aromatic nitrogens is 4. The summed E-state index contributed by atoms with van der Waals surface area (Å²) in [4.78, 5) is 13.6. The minimum atomic E-state index is -0.0625. The van der Waals surface area contributed by atoms with Crippen LogP contribution in [-0.4, -0.2) is 32.3 Å². The normalized spacial score (nSPS) is 15.0. The Morgan fingerprint density at radius 2 is 2.00 bits per heavy atom. The highest BCUT2D eigenvalue weighted by atomic mass is 32.2. The largest absolute Gasteiger partial charge is 0.419 e. The molecule has 3 aromatic rings. The van der Waals surface area contributed by atoms with Crippen molar-refractivity contribution in [2.24, 2.45) is 0 Å². The van der Waals surface area contributed by atoms with E-state index in [9.17, 15) is 4.79 Å². The molecule has 1 unspecified atom stereocenters. The zero-order valence-corrected chi connectivity index (χ0v) is 16.0. The Morgan fingerprint density at radius 1 is 1.23 bits per heavy atom. The summed E-state index contributed by atoms with van der Waals surface area (Å²) in [6.07, 6.45) is 2.06. The predicted molar refractivity (Wildman–Crippen MR) is 100 cm³/mol. The van der Waals surface area contributed by atoms with Crippen molar-refractivity contribution in [3.63, 3.8) is 0 Å². The van der Waals surface area contributed by atoms with Crippen molar-refractivity contribution >= 4 is 34.1 Å². The van der Waals surface area contributed by atoms with Crippen LogP contribution in [-0.2, 0) is 4.79 Å². The number of amides is 1. The van der Waals surface area contributed by atoms with Crippen LogP contribution in [0.5, 0.6) is 0 Å². The maximum Gasteiger partial charge on any atom is 0.247 e. The third kappa shape index (κ3) is 3.63. The molecule has 1 atom stereocenters. The Labute approximate surface area is 158 Å². The summed E-state index contributed by atoms with van der Waals surface area (Å²) in [5, 5.41) is 17.3. The molecule has 1 aliphatic rings. The van der Waals surface area contributed by atoms with Gasteiger partial charge in [-0.1, -0.05) is 41.3 Å². The van der Waals surface area contributed by atoms with E-state index in [-0.39, 0.29) is 17.2 Å². The van der Waals surface area contributed by atoms with Gasteiger partial charge < -0.3 is 4.42 Å². The highest BCUT2D eigenvalue weighted by molar-refractivity contribution is 8.01. The second kappa shape index (κ2) is 7.16. The van der Waals surface area contributed by atoms with Gasteiger partial charge in [0.15, 0.2) is 4.34 Å². The van der Waals surface area contributed by atoms with E-state index in [0.717, 1.165) is 22.7 Å². The molecule has 0 saturated heterocycles. The zero-order chi connectivity index (χ0) is 18.1. The van der Waals surface area contributed by atoms with Crippen LogP contribution in [0, 0.1) is 0 Å². The molecule has 1 aromatic carbocycles. The van der Waals surface area contributed by atoms with Gasteiger partial charge in [0.05, 0.1) is 5.25 Å². The maximum atomic E-state index is 11.8. The molecule has 0 aliphatic heterocycles. The number of thioether (sulfide) groups is 1. The van der Waals surface area contributed by atoms with Gasteiger partial charge in [0, 0.05) is 18.5 Å². The SMILES string of the molecule is CC(=O)N(c1nnc(SC(C)c2nnc(-c3ccccc3)o2)s1)C1CC1. The molecule has 9 heteroatoms. The van der Waals surface area contributed by atoms with Crippen molar-refractivity contribution in [1.82, 2.24) is 20.4 Å². The smallest absolute Gasteiger partial charge is 0.247 e. The second-order valence-electron chi connectivity index (χ2n) is 6.04. The van der Waals surface area contributed by atoms with Gasteiger partial charge in [0.1, 0.15) is 0 Å². The summed E-state index contributed by atoms with van der Waals surface area (Å²) >= 11 is 2.92. The van der Waals surface area contributed by atoms with Crippen molar-refractivity contribution in [2.75, 3.05) is 4.90 Å². The van der Waals surface area contributed by atoms with Crippen LogP contribution in [0.4, 0.5) is 5.13 Å². The van der Waals surface area contributed by atoms with Gasteiger partial charge in [0.25, 0.3) is 0 Å². The van der Waals surface area contributed by atoms with Crippen LogP contribution in [0.15, 0.2) is 39.1 Å². The molecular weight excluding hydrogens is 370 g/mol. The molecule has 2 heterocycles. The first-order valence-electron chi connectivity index (χ1n) is 8.30. The Balaban J connectivity index is 1.46. The van der Waals surface area contributed by atoms with Crippen LogP contribution in [0.3, 0.4) is 0 Å². The number of anilines is 1. The zero-order valence-electron chi connectivity index (χ0n) is 14.3. The lowest BCUT2D eigenvalue weighted by Crippen LogP contribution is -2.30. The first-order valence-corrected chi connectivity index (χ1v) is 10.00. The van der Waals surface area contributed by atoms with Crippen molar-refractivity contribution in [1.29, 1.82) is 0 Å². The van der Waals surface area contributed by atoms with Gasteiger partial charge >= 0.3 is 0 Å². The molecule has 1 aliphatic carbocycles. The molecule has 0 bridgehead atoms. The Kier molecular flexibility index (Phi) is 4.73. The lowest BCUT2D eigenvalue weighted by Gasteiger charge is -2.15. The average Bonchev–Trinajstić information content (AvgIpc) is 3.15. The van der Waals surface area contributed by atoms with E-state index in [1.54, 1.807) is 11.8 Å². The van der Waals surface area contributed by atoms with E-state index in [1.165, 1.54) is 23.1 Å².